The molecular formula is C8H12ClN5OS. The number of carbonyl (C=O) groups is 1. The number of aromatic nitrogens is 2. The fourth-order valence-corrected chi connectivity index (χ4v) is 1.28. The summed E-state index contributed by atoms with van der Waals surface area (Å²) in [6.07, 6.45) is 0. The number of nitrogens with one attached hydrogen (secondary N) is 1. The molecule has 0 bridgehead atoms. The molecule has 8 heteroatoms. The highest BCUT2D eigenvalue weighted by Gasteiger charge is 2.19. The van der Waals surface area contributed by atoms with Crippen LogP contribution in [0.25, 0.3) is 0 Å². The molecule has 16 heavy (non-hydrogen) atoms. The third-order valence-corrected chi connectivity index (χ3v) is 2.80. The number of amides is 1. The van der Waals surface area contributed by atoms with Crippen molar-refractivity contribution in [2.24, 2.45) is 12.8 Å². The van der Waals surface area contributed by atoms with Gasteiger partial charge in [-0.1, -0.05) is 11.6 Å². The Morgan fingerprint density at radius 2 is 2.25 bits per heavy atom. The molecule has 1 heterocycles. The third kappa shape index (κ3) is 2.42. The Labute approximate surface area is 103 Å². The van der Waals surface area contributed by atoms with E-state index < -0.39 is 5.91 Å². The molecule has 1 rings (SSSR count). The number of thiocarbonyl (C=S) groups is 1. The van der Waals surface area contributed by atoms with Gasteiger partial charge in [-0.05, 0) is 19.1 Å². The number of carbonyl (C=O) groups excluding carboxylic acids is 1. The molecule has 1 amide bonds. The molecule has 0 fully saturated rings. The van der Waals surface area contributed by atoms with E-state index in [0.29, 0.717) is 10.7 Å². The fourth-order valence-electron chi connectivity index (χ4n) is 0.988. The van der Waals surface area contributed by atoms with Crippen molar-refractivity contribution in [3.05, 3.63) is 16.4 Å². The number of halogens is 1. The smallest absolute Gasteiger partial charge is 0.291 e. The summed E-state index contributed by atoms with van der Waals surface area (Å²) in [4.78, 5) is 11.7. The summed E-state index contributed by atoms with van der Waals surface area (Å²) in [7, 11) is 3.24. The van der Waals surface area contributed by atoms with Gasteiger partial charge in [-0.25, -0.2) is 0 Å². The Kier molecular flexibility index (Phi) is 3.71. The maximum Gasteiger partial charge on any atom is 0.291 e. The summed E-state index contributed by atoms with van der Waals surface area (Å²) >= 11 is 10.6. The Balaban J connectivity index is 2.89. The highest BCUT2D eigenvalue weighted by Crippen LogP contribution is 2.18. The van der Waals surface area contributed by atoms with Crippen molar-refractivity contribution in [1.29, 1.82) is 0 Å². The summed E-state index contributed by atoms with van der Waals surface area (Å²) in [6, 6.07) is 0. The minimum absolute atomic E-state index is 0.0529. The normalized spacial score (nSPS) is 10.0. The number of nitrogens with two attached hydrogens (primary N) is 1. The number of aryl methyl sites for hydroxylation is 1. The van der Waals surface area contributed by atoms with Crippen LogP contribution in [-0.4, -0.2) is 32.9 Å². The molecule has 3 N–H and O–H groups in total. The third-order valence-electron chi connectivity index (χ3n) is 2.08. The molecule has 0 unspecified atom stereocenters. The quantitative estimate of drug-likeness (QED) is 0.558. The lowest BCUT2D eigenvalue weighted by Gasteiger charge is -2.16. The van der Waals surface area contributed by atoms with Crippen molar-refractivity contribution in [2.75, 3.05) is 7.05 Å². The average molecular weight is 262 g/mol. The van der Waals surface area contributed by atoms with Gasteiger partial charge in [-0.15, -0.1) is 0 Å². The highest BCUT2D eigenvalue weighted by molar-refractivity contribution is 7.80. The van der Waals surface area contributed by atoms with Crippen LogP contribution < -0.4 is 11.2 Å². The second-order valence-corrected chi connectivity index (χ2v) is 4.01. The van der Waals surface area contributed by atoms with E-state index >= 15 is 0 Å². The molecule has 0 aliphatic heterocycles. The second-order valence-electron chi connectivity index (χ2n) is 3.21. The number of hydrogen-bond donors (Lipinski definition) is 2. The Bertz CT molecular complexity index is 444. The van der Waals surface area contributed by atoms with Gasteiger partial charge in [0.1, 0.15) is 0 Å². The van der Waals surface area contributed by atoms with Gasteiger partial charge < -0.3 is 5.73 Å². The topological polar surface area (TPSA) is 76.2 Å². The molecule has 88 valence electrons. The first-order valence-corrected chi connectivity index (χ1v) is 5.16. The minimum atomic E-state index is -0.455. The molecule has 0 atom stereocenters. The molecule has 0 saturated carbocycles. The molecule has 0 aliphatic rings. The summed E-state index contributed by atoms with van der Waals surface area (Å²) in [5, 5.41) is 5.57. The fraction of sp³-hybridized carbons (Fsp3) is 0.375. The standard InChI is InChI=1S/C8H12ClN5OS/c1-4-5(9)6(11-13(4)2)7(15)12-14(3)8(10)16/h1-3H3,(H2,10,16)(H,12,15). The van der Waals surface area contributed by atoms with Crippen LogP contribution >= 0.6 is 23.8 Å². The van der Waals surface area contributed by atoms with E-state index in [9.17, 15) is 4.79 Å². The van der Waals surface area contributed by atoms with Crippen molar-refractivity contribution in [3.8, 4) is 0 Å². The number of hydrogen-bond acceptors (Lipinski definition) is 3. The van der Waals surface area contributed by atoms with E-state index in [2.05, 4.69) is 22.7 Å². The summed E-state index contributed by atoms with van der Waals surface area (Å²) in [5.41, 5.74) is 8.62. The maximum atomic E-state index is 11.7. The zero-order chi connectivity index (χ0) is 12.5. The van der Waals surface area contributed by atoms with Gasteiger partial charge >= 0.3 is 0 Å². The van der Waals surface area contributed by atoms with Gasteiger partial charge in [0.15, 0.2) is 10.8 Å². The molecule has 1 aromatic heterocycles. The SMILES string of the molecule is Cc1c(Cl)c(C(=O)NN(C)C(N)=S)nn1C. The molecule has 0 radical (unpaired) electrons. The van der Waals surface area contributed by atoms with Crippen LogP contribution in [0, 0.1) is 6.92 Å². The first-order chi connectivity index (χ1) is 7.34. The Morgan fingerprint density at radius 1 is 1.69 bits per heavy atom. The average Bonchev–Trinajstić information content (AvgIpc) is 2.45. The van der Waals surface area contributed by atoms with Crippen molar-refractivity contribution in [3.63, 3.8) is 0 Å². The number of hydrazine groups is 1. The van der Waals surface area contributed by atoms with Gasteiger partial charge in [0.2, 0.25) is 0 Å². The predicted octanol–water partition coefficient (Wildman–Crippen LogP) is 0.202. The van der Waals surface area contributed by atoms with Gasteiger partial charge in [0, 0.05) is 14.1 Å². The van der Waals surface area contributed by atoms with Crippen LogP contribution in [0.2, 0.25) is 5.02 Å². The lowest BCUT2D eigenvalue weighted by Crippen LogP contribution is -2.46. The van der Waals surface area contributed by atoms with Crippen LogP contribution in [0.3, 0.4) is 0 Å². The van der Waals surface area contributed by atoms with E-state index in [0.717, 1.165) is 0 Å². The lowest BCUT2D eigenvalue weighted by atomic mass is 10.3. The molecule has 0 spiro atoms. The number of nitrogens with zero attached hydrogens (tertiary/aromatic N) is 3. The second kappa shape index (κ2) is 4.67. The first kappa shape index (κ1) is 12.7. The van der Waals surface area contributed by atoms with E-state index in [4.69, 9.17) is 17.3 Å². The minimum Gasteiger partial charge on any atom is -0.375 e. The molecular weight excluding hydrogens is 250 g/mol. The monoisotopic (exact) mass is 261 g/mol. The molecule has 0 aromatic carbocycles. The van der Waals surface area contributed by atoms with E-state index in [1.165, 1.54) is 16.7 Å². The Morgan fingerprint density at radius 3 is 2.62 bits per heavy atom. The van der Waals surface area contributed by atoms with Gasteiger partial charge in [0.25, 0.3) is 5.91 Å². The van der Waals surface area contributed by atoms with Crippen LogP contribution in [0.5, 0.6) is 0 Å². The van der Waals surface area contributed by atoms with Gasteiger partial charge in [-0.2, -0.15) is 5.10 Å². The van der Waals surface area contributed by atoms with Crippen molar-refractivity contribution in [2.45, 2.75) is 6.92 Å². The van der Waals surface area contributed by atoms with Crippen LogP contribution in [0.4, 0.5) is 0 Å². The van der Waals surface area contributed by atoms with E-state index in [1.54, 1.807) is 14.0 Å². The summed E-state index contributed by atoms with van der Waals surface area (Å²) in [5.74, 6) is -0.455. The first-order valence-electron chi connectivity index (χ1n) is 4.37. The van der Waals surface area contributed by atoms with E-state index in [1.807, 2.05) is 0 Å². The molecule has 6 nitrogen and oxygen atoms in total. The van der Waals surface area contributed by atoms with Crippen molar-refractivity contribution >= 4 is 34.8 Å². The van der Waals surface area contributed by atoms with Crippen molar-refractivity contribution < 1.29 is 4.79 Å². The molecule has 0 aliphatic carbocycles. The van der Waals surface area contributed by atoms with Crippen LogP contribution in [0.1, 0.15) is 16.2 Å². The van der Waals surface area contributed by atoms with Crippen LogP contribution in [0.15, 0.2) is 0 Å². The molecule has 1 aromatic rings. The predicted molar refractivity (Wildman–Crippen MR) is 65.0 cm³/mol. The summed E-state index contributed by atoms with van der Waals surface area (Å²) in [6.45, 7) is 1.77. The maximum absolute atomic E-state index is 11.7. The zero-order valence-electron chi connectivity index (χ0n) is 9.11. The highest BCUT2D eigenvalue weighted by atomic mass is 35.5. The Hall–Kier alpha value is -1.34. The zero-order valence-corrected chi connectivity index (χ0v) is 10.7. The van der Waals surface area contributed by atoms with Crippen molar-refractivity contribution in [1.82, 2.24) is 20.2 Å². The lowest BCUT2D eigenvalue weighted by molar-refractivity contribution is 0.0882. The van der Waals surface area contributed by atoms with Gasteiger partial charge in [0.05, 0.1) is 10.7 Å². The number of rotatable bonds is 1. The van der Waals surface area contributed by atoms with Gasteiger partial charge in [-0.3, -0.25) is 19.9 Å². The largest absolute Gasteiger partial charge is 0.375 e. The summed E-state index contributed by atoms with van der Waals surface area (Å²) < 4.78 is 1.53. The molecule has 0 saturated heterocycles. The van der Waals surface area contributed by atoms with E-state index in [-0.39, 0.29) is 10.8 Å². The van der Waals surface area contributed by atoms with Crippen LogP contribution in [-0.2, 0) is 7.05 Å².